The summed E-state index contributed by atoms with van der Waals surface area (Å²) >= 11 is 6.10. The number of benzene rings is 1. The van der Waals surface area contributed by atoms with Gasteiger partial charge in [0, 0.05) is 17.1 Å². The van der Waals surface area contributed by atoms with Crippen molar-refractivity contribution in [2.24, 2.45) is 0 Å². The standard InChI is InChI=1S/C10H12ClN5O/c1-17-9-4-2-3-8(11)7(9)5-12-6-10-13-15-16-14-10/h2-4,12H,5-6H2,1H3,(H,13,14,15,16). The Morgan fingerprint density at radius 1 is 1.41 bits per heavy atom. The SMILES string of the molecule is COc1cccc(Cl)c1CNCc1nn[nH]n1. The van der Waals surface area contributed by atoms with Crippen LogP contribution in [0, 0.1) is 0 Å². The van der Waals surface area contributed by atoms with Crippen LogP contribution in [0.25, 0.3) is 0 Å². The number of rotatable bonds is 5. The third kappa shape index (κ3) is 2.92. The number of nitrogens with zero attached hydrogens (tertiary/aromatic N) is 3. The number of halogens is 1. The van der Waals surface area contributed by atoms with E-state index in [0.717, 1.165) is 11.3 Å². The molecule has 1 aromatic heterocycles. The van der Waals surface area contributed by atoms with E-state index in [1.165, 1.54) is 0 Å². The number of tetrazole rings is 1. The van der Waals surface area contributed by atoms with Gasteiger partial charge in [-0.2, -0.15) is 5.21 Å². The highest BCUT2D eigenvalue weighted by molar-refractivity contribution is 6.31. The molecule has 1 aromatic carbocycles. The van der Waals surface area contributed by atoms with Gasteiger partial charge in [0.15, 0.2) is 5.82 Å². The molecule has 0 fully saturated rings. The molecule has 0 atom stereocenters. The molecular weight excluding hydrogens is 242 g/mol. The fraction of sp³-hybridized carbons (Fsp3) is 0.300. The number of aromatic nitrogens is 4. The van der Waals surface area contributed by atoms with Crippen molar-refractivity contribution in [2.75, 3.05) is 7.11 Å². The Balaban J connectivity index is 1.98. The molecule has 17 heavy (non-hydrogen) atoms. The summed E-state index contributed by atoms with van der Waals surface area (Å²) in [6.07, 6.45) is 0. The highest BCUT2D eigenvalue weighted by Gasteiger charge is 2.07. The summed E-state index contributed by atoms with van der Waals surface area (Å²) in [6.45, 7) is 1.10. The molecular formula is C10H12ClN5O. The minimum atomic E-state index is 0.519. The summed E-state index contributed by atoms with van der Waals surface area (Å²) in [4.78, 5) is 0. The maximum Gasteiger partial charge on any atom is 0.188 e. The van der Waals surface area contributed by atoms with Crippen LogP contribution >= 0.6 is 11.6 Å². The lowest BCUT2D eigenvalue weighted by Crippen LogP contribution is -2.14. The Morgan fingerprint density at radius 2 is 2.29 bits per heavy atom. The summed E-state index contributed by atoms with van der Waals surface area (Å²) in [5.41, 5.74) is 0.917. The maximum atomic E-state index is 6.10. The van der Waals surface area contributed by atoms with Gasteiger partial charge < -0.3 is 10.1 Å². The first-order valence-electron chi connectivity index (χ1n) is 5.05. The number of ether oxygens (including phenoxy) is 1. The van der Waals surface area contributed by atoms with Gasteiger partial charge in [-0.3, -0.25) is 0 Å². The maximum absolute atomic E-state index is 6.10. The van der Waals surface area contributed by atoms with E-state index in [9.17, 15) is 0 Å². The van der Waals surface area contributed by atoms with E-state index in [4.69, 9.17) is 16.3 Å². The Morgan fingerprint density at radius 3 is 3.00 bits per heavy atom. The molecule has 6 nitrogen and oxygen atoms in total. The number of H-pyrrole nitrogens is 1. The van der Waals surface area contributed by atoms with Gasteiger partial charge in [0.05, 0.1) is 13.7 Å². The molecule has 0 aliphatic rings. The number of hydrogen-bond acceptors (Lipinski definition) is 5. The van der Waals surface area contributed by atoms with Crippen LogP contribution in [0.5, 0.6) is 5.75 Å². The average molecular weight is 254 g/mol. The van der Waals surface area contributed by atoms with Crippen molar-refractivity contribution in [3.8, 4) is 5.75 Å². The third-order valence-electron chi connectivity index (χ3n) is 2.27. The summed E-state index contributed by atoms with van der Waals surface area (Å²) in [6, 6.07) is 5.55. The monoisotopic (exact) mass is 253 g/mol. The Kier molecular flexibility index (Phi) is 3.89. The van der Waals surface area contributed by atoms with Crippen molar-refractivity contribution < 1.29 is 4.74 Å². The minimum Gasteiger partial charge on any atom is -0.496 e. The second-order valence-electron chi connectivity index (χ2n) is 3.35. The van der Waals surface area contributed by atoms with Gasteiger partial charge in [0.25, 0.3) is 0 Å². The summed E-state index contributed by atoms with van der Waals surface area (Å²) < 4.78 is 5.24. The molecule has 90 valence electrons. The zero-order valence-electron chi connectivity index (χ0n) is 9.27. The molecule has 0 saturated heterocycles. The van der Waals surface area contributed by atoms with Crippen LogP contribution in [0.2, 0.25) is 5.02 Å². The largest absolute Gasteiger partial charge is 0.496 e. The molecule has 0 spiro atoms. The Hall–Kier alpha value is -1.66. The van der Waals surface area contributed by atoms with E-state index >= 15 is 0 Å². The van der Waals surface area contributed by atoms with Gasteiger partial charge >= 0.3 is 0 Å². The molecule has 2 rings (SSSR count). The number of hydrogen-bond donors (Lipinski definition) is 2. The zero-order valence-corrected chi connectivity index (χ0v) is 10.0. The van der Waals surface area contributed by atoms with Crippen LogP contribution in [0.15, 0.2) is 18.2 Å². The van der Waals surface area contributed by atoms with Crippen LogP contribution in [0.1, 0.15) is 11.4 Å². The van der Waals surface area contributed by atoms with Crippen molar-refractivity contribution in [1.82, 2.24) is 25.9 Å². The fourth-order valence-corrected chi connectivity index (χ4v) is 1.69. The molecule has 0 radical (unpaired) electrons. The molecule has 0 aliphatic carbocycles. The van der Waals surface area contributed by atoms with E-state index in [1.54, 1.807) is 7.11 Å². The van der Waals surface area contributed by atoms with Gasteiger partial charge in [-0.25, -0.2) is 0 Å². The molecule has 0 amide bonds. The zero-order chi connectivity index (χ0) is 12.1. The molecule has 0 unspecified atom stereocenters. The van der Waals surface area contributed by atoms with Crippen LogP contribution in [-0.4, -0.2) is 27.7 Å². The van der Waals surface area contributed by atoms with Gasteiger partial charge in [-0.15, -0.1) is 10.2 Å². The van der Waals surface area contributed by atoms with Crippen molar-refractivity contribution in [2.45, 2.75) is 13.1 Å². The molecule has 2 aromatic rings. The van der Waals surface area contributed by atoms with Crippen LogP contribution in [0.3, 0.4) is 0 Å². The molecule has 0 saturated carbocycles. The molecule has 7 heteroatoms. The van der Waals surface area contributed by atoms with Crippen LogP contribution in [0.4, 0.5) is 0 Å². The summed E-state index contributed by atoms with van der Waals surface area (Å²) in [7, 11) is 1.62. The third-order valence-corrected chi connectivity index (χ3v) is 2.62. The quantitative estimate of drug-likeness (QED) is 0.836. The van der Waals surface area contributed by atoms with Crippen LogP contribution in [-0.2, 0) is 13.1 Å². The van der Waals surface area contributed by atoms with E-state index in [1.807, 2.05) is 18.2 Å². The fourth-order valence-electron chi connectivity index (χ4n) is 1.46. The first-order valence-corrected chi connectivity index (χ1v) is 5.43. The normalized spacial score (nSPS) is 10.5. The average Bonchev–Trinajstić information content (AvgIpc) is 2.84. The smallest absolute Gasteiger partial charge is 0.188 e. The Labute approximate surface area is 103 Å². The molecule has 0 aliphatic heterocycles. The minimum absolute atomic E-state index is 0.519. The highest BCUT2D eigenvalue weighted by atomic mass is 35.5. The number of methoxy groups -OCH3 is 1. The number of nitrogens with one attached hydrogen (secondary N) is 2. The van der Waals surface area contributed by atoms with Crippen LogP contribution < -0.4 is 10.1 Å². The predicted molar refractivity (Wildman–Crippen MR) is 62.7 cm³/mol. The molecule has 2 N–H and O–H groups in total. The number of aromatic amines is 1. The van der Waals surface area contributed by atoms with Gasteiger partial charge in [0.1, 0.15) is 5.75 Å². The lowest BCUT2D eigenvalue weighted by molar-refractivity contribution is 0.407. The van der Waals surface area contributed by atoms with Crippen molar-refractivity contribution >= 4 is 11.6 Å². The van der Waals surface area contributed by atoms with Gasteiger partial charge in [-0.1, -0.05) is 22.9 Å². The predicted octanol–water partition coefficient (Wildman–Crippen LogP) is 1.15. The lowest BCUT2D eigenvalue weighted by Gasteiger charge is -2.10. The summed E-state index contributed by atoms with van der Waals surface area (Å²) in [5.74, 6) is 1.37. The van der Waals surface area contributed by atoms with Gasteiger partial charge in [0.2, 0.25) is 0 Å². The lowest BCUT2D eigenvalue weighted by atomic mass is 10.2. The van der Waals surface area contributed by atoms with E-state index in [-0.39, 0.29) is 0 Å². The molecule has 1 heterocycles. The summed E-state index contributed by atoms with van der Waals surface area (Å²) in [5, 5.41) is 17.4. The first kappa shape index (κ1) is 11.8. The second-order valence-corrected chi connectivity index (χ2v) is 3.76. The second kappa shape index (κ2) is 5.60. The van der Waals surface area contributed by atoms with Gasteiger partial charge in [-0.05, 0) is 12.1 Å². The van der Waals surface area contributed by atoms with E-state index in [0.29, 0.717) is 23.9 Å². The molecule has 0 bridgehead atoms. The van der Waals surface area contributed by atoms with E-state index in [2.05, 4.69) is 25.9 Å². The highest BCUT2D eigenvalue weighted by Crippen LogP contribution is 2.25. The van der Waals surface area contributed by atoms with Crippen molar-refractivity contribution in [1.29, 1.82) is 0 Å². The van der Waals surface area contributed by atoms with E-state index < -0.39 is 0 Å². The van der Waals surface area contributed by atoms with Crippen molar-refractivity contribution in [3.05, 3.63) is 34.6 Å². The van der Waals surface area contributed by atoms with Crippen molar-refractivity contribution in [3.63, 3.8) is 0 Å². The topological polar surface area (TPSA) is 75.7 Å². The first-order chi connectivity index (χ1) is 8.31. The Bertz CT molecular complexity index is 474.